The molecule has 6 saturated heterocycles. The van der Waals surface area contributed by atoms with Gasteiger partial charge in [-0.3, -0.25) is 57.5 Å². The SMILES string of the molecule is CC(C)C[C@@H](CC(=O)N[C@H]1CNC[C@@H]1C(=O)N[C@H]1CNC[C@@H]1C(N)=O)NC(=O)[C@H]1CNC[C@@H]1NC(=O)C[C@H](CC(C)C)NC(=O)[C@H]1CNC[C@@H]1NC(=O)[C@H]1CNC[C@@H]1NC(=O)C[C@H](CC(C)C)NC(=O)[C@H]1CNC[C@@H]1NC(=O)C[C@H](CC(C)C)NC(=O)[C@H]1CCC[C@@H]1NC(=O)[C@H]1CCC[C@@H]1N. The molecule has 21 N–H and O–H groups in total. The molecule has 0 bridgehead atoms. The molecule has 20 atom stereocenters. The van der Waals surface area contributed by atoms with Crippen molar-refractivity contribution in [2.75, 3.05) is 78.5 Å². The van der Waals surface area contributed by atoms with Gasteiger partial charge < -0.3 is 102 Å². The number of nitrogens with one attached hydrogen (secondary N) is 17. The van der Waals surface area contributed by atoms with E-state index in [2.05, 4.69) is 90.4 Å². The Bertz CT molecular complexity index is 2890. The summed E-state index contributed by atoms with van der Waals surface area (Å²) in [4.78, 5) is 164. The highest BCUT2D eigenvalue weighted by Gasteiger charge is 2.45. The van der Waals surface area contributed by atoms with Gasteiger partial charge in [0.15, 0.2) is 0 Å². The van der Waals surface area contributed by atoms with Crippen LogP contribution in [0.2, 0.25) is 0 Å². The lowest BCUT2D eigenvalue weighted by Crippen LogP contribution is -2.54. The Hall–Kier alpha value is -6.64. The molecule has 0 aromatic rings. The monoisotopic (exact) mass is 1420 g/mol. The molecule has 2 aliphatic carbocycles. The number of primary amides is 1. The van der Waals surface area contributed by atoms with Gasteiger partial charge in [0.05, 0.1) is 83.6 Å². The molecule has 0 unspecified atom stereocenters. The number of rotatable bonds is 35. The first-order valence-corrected chi connectivity index (χ1v) is 37.7. The van der Waals surface area contributed by atoms with Gasteiger partial charge in [-0.05, 0) is 75.0 Å². The van der Waals surface area contributed by atoms with E-state index in [1.807, 2.05) is 55.4 Å². The number of hydrogen-bond acceptors (Lipinski definition) is 19. The Morgan fingerprint density at radius 1 is 0.297 bits per heavy atom. The third-order valence-corrected chi connectivity index (χ3v) is 21.6. The summed E-state index contributed by atoms with van der Waals surface area (Å²) >= 11 is 0. The maximum atomic E-state index is 14.2. The van der Waals surface area contributed by atoms with Crippen molar-refractivity contribution in [1.29, 1.82) is 0 Å². The summed E-state index contributed by atoms with van der Waals surface area (Å²) in [5.74, 6) is -7.72. The molecule has 8 rings (SSSR count). The van der Waals surface area contributed by atoms with Crippen molar-refractivity contribution < 1.29 is 57.5 Å². The van der Waals surface area contributed by atoms with E-state index in [-0.39, 0.29) is 152 Å². The Morgan fingerprint density at radius 3 is 0.842 bits per heavy atom. The molecule has 2 saturated carbocycles. The Morgan fingerprint density at radius 2 is 0.545 bits per heavy atom. The minimum absolute atomic E-state index is 0.00642. The van der Waals surface area contributed by atoms with Gasteiger partial charge in [0.2, 0.25) is 70.9 Å². The molecular formula is C70H121N19O12. The van der Waals surface area contributed by atoms with Crippen LogP contribution in [0.25, 0.3) is 0 Å². The summed E-state index contributed by atoms with van der Waals surface area (Å²) in [6.45, 7) is 19.9. The second-order valence-electron chi connectivity index (χ2n) is 31.9. The maximum absolute atomic E-state index is 14.2. The summed E-state index contributed by atoms with van der Waals surface area (Å²) in [5.41, 5.74) is 11.8. The molecule has 12 amide bonds. The second kappa shape index (κ2) is 38.2. The lowest BCUT2D eigenvalue weighted by molar-refractivity contribution is -0.131. The van der Waals surface area contributed by atoms with Gasteiger partial charge in [0, 0.05) is 140 Å². The van der Waals surface area contributed by atoms with Crippen LogP contribution in [0.4, 0.5) is 0 Å². The number of carbonyl (C=O) groups is 12. The zero-order valence-corrected chi connectivity index (χ0v) is 60.8. The quantitative estimate of drug-likeness (QED) is 0.0286. The Balaban J connectivity index is 0.777. The van der Waals surface area contributed by atoms with Crippen molar-refractivity contribution in [3.05, 3.63) is 0 Å². The molecule has 568 valence electrons. The van der Waals surface area contributed by atoms with Crippen LogP contribution in [0.15, 0.2) is 0 Å². The predicted molar refractivity (Wildman–Crippen MR) is 378 cm³/mol. The molecule has 31 heteroatoms. The lowest BCUT2D eigenvalue weighted by Gasteiger charge is -2.28. The zero-order chi connectivity index (χ0) is 73.2. The second-order valence-corrected chi connectivity index (χ2v) is 31.9. The largest absolute Gasteiger partial charge is 0.369 e. The highest BCUT2D eigenvalue weighted by atomic mass is 16.2. The van der Waals surface area contributed by atoms with E-state index in [1.54, 1.807) is 0 Å². The van der Waals surface area contributed by atoms with Gasteiger partial charge in [-0.25, -0.2) is 0 Å². The van der Waals surface area contributed by atoms with Crippen LogP contribution >= 0.6 is 0 Å². The zero-order valence-electron chi connectivity index (χ0n) is 60.8. The Labute approximate surface area is 595 Å². The molecule has 0 radical (unpaired) electrons. The van der Waals surface area contributed by atoms with Gasteiger partial charge in [-0.1, -0.05) is 68.2 Å². The normalized spacial score (nSPS) is 30.5. The van der Waals surface area contributed by atoms with E-state index in [4.69, 9.17) is 11.5 Å². The summed E-state index contributed by atoms with van der Waals surface area (Å²) < 4.78 is 0. The van der Waals surface area contributed by atoms with Crippen molar-refractivity contribution in [3.63, 3.8) is 0 Å². The molecule has 101 heavy (non-hydrogen) atoms. The van der Waals surface area contributed by atoms with Crippen LogP contribution in [0.5, 0.6) is 0 Å². The van der Waals surface area contributed by atoms with Crippen LogP contribution in [0.3, 0.4) is 0 Å². The van der Waals surface area contributed by atoms with Crippen molar-refractivity contribution in [2.24, 2.45) is 82.5 Å². The van der Waals surface area contributed by atoms with E-state index in [0.29, 0.717) is 97.4 Å². The summed E-state index contributed by atoms with van der Waals surface area (Å²) in [6, 6.07) is -5.93. The first-order valence-electron chi connectivity index (χ1n) is 37.7. The topological polar surface area (TPSA) is 461 Å². The smallest absolute Gasteiger partial charge is 0.226 e. The molecule has 0 aromatic heterocycles. The fraction of sp³-hybridized carbons (Fsp3) is 0.829. The summed E-state index contributed by atoms with van der Waals surface area (Å²) in [5, 5.41) is 52.9. The van der Waals surface area contributed by atoms with Crippen LogP contribution < -0.4 is 102 Å². The maximum Gasteiger partial charge on any atom is 0.226 e. The highest BCUT2D eigenvalue weighted by Crippen LogP contribution is 2.30. The third kappa shape index (κ3) is 23.7. The molecule has 6 aliphatic heterocycles. The molecule has 0 aromatic carbocycles. The first kappa shape index (κ1) is 80.1. The molecule has 0 spiro atoms. The molecule has 8 aliphatic rings. The average Bonchev–Trinajstić information content (AvgIpc) is 1.81. The fourth-order valence-electron chi connectivity index (χ4n) is 16.5. The van der Waals surface area contributed by atoms with Crippen LogP contribution in [-0.4, -0.2) is 222 Å². The van der Waals surface area contributed by atoms with Gasteiger partial charge in [-0.2, -0.15) is 0 Å². The van der Waals surface area contributed by atoms with Crippen LogP contribution in [0.1, 0.15) is 145 Å². The average molecular weight is 1420 g/mol. The van der Waals surface area contributed by atoms with Crippen molar-refractivity contribution in [1.82, 2.24) is 90.4 Å². The summed E-state index contributed by atoms with van der Waals surface area (Å²) in [6.07, 6.45) is 6.42. The number of carbonyl (C=O) groups excluding carboxylic acids is 12. The molecule has 8 fully saturated rings. The van der Waals surface area contributed by atoms with E-state index in [0.717, 1.165) is 25.7 Å². The van der Waals surface area contributed by atoms with Crippen molar-refractivity contribution in [3.8, 4) is 0 Å². The molecule has 6 heterocycles. The molecule has 31 nitrogen and oxygen atoms in total. The summed E-state index contributed by atoms with van der Waals surface area (Å²) in [7, 11) is 0. The van der Waals surface area contributed by atoms with Crippen LogP contribution in [0, 0.1) is 71.0 Å². The van der Waals surface area contributed by atoms with Gasteiger partial charge >= 0.3 is 0 Å². The van der Waals surface area contributed by atoms with E-state index in [9.17, 15) is 57.5 Å². The molecular weight excluding hydrogens is 1300 g/mol. The minimum Gasteiger partial charge on any atom is -0.369 e. The lowest BCUT2D eigenvalue weighted by atomic mass is 9.95. The minimum atomic E-state index is -0.684. The number of amides is 12. The number of nitrogens with two attached hydrogens (primary N) is 2. The van der Waals surface area contributed by atoms with Gasteiger partial charge in [0.25, 0.3) is 0 Å². The van der Waals surface area contributed by atoms with E-state index in [1.165, 1.54) is 0 Å². The third-order valence-electron chi connectivity index (χ3n) is 21.6. The fourth-order valence-corrected chi connectivity index (χ4v) is 16.5. The Kier molecular flexibility index (Phi) is 30.3. The van der Waals surface area contributed by atoms with E-state index < -0.39 is 108 Å². The predicted octanol–water partition coefficient (Wildman–Crippen LogP) is -4.21. The van der Waals surface area contributed by atoms with Crippen LogP contribution in [-0.2, 0) is 57.5 Å². The highest BCUT2D eigenvalue weighted by molar-refractivity contribution is 5.89. The van der Waals surface area contributed by atoms with Gasteiger partial charge in [0.1, 0.15) is 0 Å². The number of hydrogen-bond donors (Lipinski definition) is 19. The first-order chi connectivity index (χ1) is 48.1. The van der Waals surface area contributed by atoms with E-state index >= 15 is 0 Å². The van der Waals surface area contributed by atoms with Gasteiger partial charge in [-0.15, -0.1) is 0 Å². The standard InChI is InChI=1S/C70H121N19O12/c1-35(2)15-39(79-65(96)44-12-10-14-52(44)87-64(95)43-11-9-13-51(43)71)19-59(90)83-54-30-74-24-46(54)66(97)81-41(17-37(5)6)21-62(93)86-57-33-77-27-49(57)70(101)89-58-34-78-28-50(58)68(99)82-42(18-38(7)8)22-60(91)84-55-31-75-25-47(55)67(98)80-40(16-36(3)4)20-61(92)85-56-32-76-26-48(56)69(100)88-53-29-73-23-45(53)63(72)94/h35-58,73-78H,9-34,71H2,1-8H3,(H2,72,94)(H,79,96)(H,80,98)(H,81,97)(H,82,99)(H,83,90)(H,84,91)(H,85,92)(H,86,93)(H,87,95)(H,88,100)(H,89,101)/t39-,40-,41-,42-,43-,44-,45-,46-,47-,48-,49-,50-,51-,52-,53-,54-,55-,56-,57-,58-/m0/s1. The van der Waals surface area contributed by atoms with Crippen molar-refractivity contribution >= 4 is 70.9 Å². The van der Waals surface area contributed by atoms with Crippen molar-refractivity contribution in [2.45, 2.75) is 218 Å².